The lowest BCUT2D eigenvalue weighted by Crippen LogP contribution is -2.02. The minimum Gasteiger partial charge on any atom is -0.508 e. The van der Waals surface area contributed by atoms with Gasteiger partial charge in [-0.05, 0) is 41.8 Å². The number of aliphatic hydroxyl groups is 1. The summed E-state index contributed by atoms with van der Waals surface area (Å²) >= 11 is 3.44. The van der Waals surface area contributed by atoms with Crippen molar-refractivity contribution in [1.82, 2.24) is 0 Å². The predicted molar refractivity (Wildman–Crippen MR) is 75.6 cm³/mol. The molecule has 0 fully saturated rings. The van der Waals surface area contributed by atoms with Gasteiger partial charge in [-0.15, -0.1) is 0 Å². The predicted octanol–water partition coefficient (Wildman–Crippen LogP) is 3.74. The molecule has 0 saturated carbocycles. The van der Waals surface area contributed by atoms with Crippen molar-refractivity contribution in [3.05, 3.63) is 63.6 Å². The number of aryl methyl sites for hydroxylation is 1. The summed E-state index contributed by atoms with van der Waals surface area (Å²) in [4.78, 5) is 0. The van der Waals surface area contributed by atoms with Gasteiger partial charge >= 0.3 is 0 Å². The summed E-state index contributed by atoms with van der Waals surface area (Å²) < 4.78 is 1.04. The first-order chi connectivity index (χ1) is 8.56. The number of aromatic hydroxyl groups is 1. The molecule has 0 bridgehead atoms. The molecule has 18 heavy (non-hydrogen) atoms. The van der Waals surface area contributed by atoms with Gasteiger partial charge in [0, 0.05) is 10.9 Å². The summed E-state index contributed by atoms with van der Waals surface area (Å²) in [7, 11) is 0. The molecule has 2 aromatic rings. The van der Waals surface area contributed by atoms with Gasteiger partial charge in [-0.1, -0.05) is 40.2 Å². The number of phenolic OH excluding ortho intramolecular Hbond substituents is 1. The molecule has 0 heterocycles. The van der Waals surface area contributed by atoms with Crippen LogP contribution in [-0.4, -0.2) is 10.2 Å². The first-order valence-corrected chi connectivity index (χ1v) is 6.57. The van der Waals surface area contributed by atoms with Crippen LogP contribution in [0.1, 0.15) is 22.8 Å². The van der Waals surface area contributed by atoms with Gasteiger partial charge in [0.05, 0.1) is 6.10 Å². The number of hydrogen-bond acceptors (Lipinski definition) is 2. The number of hydrogen-bond donors (Lipinski definition) is 2. The van der Waals surface area contributed by atoms with E-state index in [9.17, 15) is 10.2 Å². The van der Waals surface area contributed by atoms with E-state index in [2.05, 4.69) is 15.9 Å². The van der Waals surface area contributed by atoms with Crippen LogP contribution in [0.4, 0.5) is 0 Å². The quantitative estimate of drug-likeness (QED) is 0.907. The largest absolute Gasteiger partial charge is 0.508 e. The Bertz CT molecular complexity index is 535. The highest BCUT2D eigenvalue weighted by Gasteiger charge is 2.09. The second kappa shape index (κ2) is 5.55. The molecule has 0 saturated heterocycles. The van der Waals surface area contributed by atoms with Crippen molar-refractivity contribution in [2.75, 3.05) is 0 Å². The van der Waals surface area contributed by atoms with Crippen LogP contribution in [0.15, 0.2) is 46.9 Å². The third-order valence-corrected chi connectivity index (χ3v) is 3.82. The van der Waals surface area contributed by atoms with E-state index in [0.29, 0.717) is 6.42 Å². The molecular formula is C15H15BrO2. The fourth-order valence-electron chi connectivity index (χ4n) is 1.85. The smallest absolute Gasteiger partial charge is 0.115 e. The van der Waals surface area contributed by atoms with E-state index in [1.54, 1.807) is 12.1 Å². The molecule has 0 spiro atoms. The molecule has 2 N–H and O–H groups in total. The van der Waals surface area contributed by atoms with Crippen LogP contribution in [-0.2, 0) is 6.42 Å². The van der Waals surface area contributed by atoms with Gasteiger partial charge in [-0.25, -0.2) is 0 Å². The van der Waals surface area contributed by atoms with Crippen LogP contribution in [0.5, 0.6) is 5.75 Å². The van der Waals surface area contributed by atoms with Gasteiger partial charge < -0.3 is 10.2 Å². The van der Waals surface area contributed by atoms with Crippen molar-refractivity contribution in [1.29, 1.82) is 0 Å². The number of phenols is 1. The van der Waals surface area contributed by atoms with Crippen molar-refractivity contribution < 1.29 is 10.2 Å². The van der Waals surface area contributed by atoms with Gasteiger partial charge in [0.1, 0.15) is 5.75 Å². The van der Waals surface area contributed by atoms with Crippen LogP contribution in [0.3, 0.4) is 0 Å². The van der Waals surface area contributed by atoms with E-state index in [4.69, 9.17) is 0 Å². The molecule has 0 aliphatic carbocycles. The molecule has 0 radical (unpaired) electrons. The SMILES string of the molecule is Cc1cc(C(O)Cc2ccc(O)cc2)ccc1Br. The summed E-state index contributed by atoms with van der Waals surface area (Å²) in [6.07, 6.45) is 0.0165. The second-order valence-corrected chi connectivity index (χ2v) is 5.25. The molecule has 0 aliphatic heterocycles. The van der Waals surface area contributed by atoms with Gasteiger partial charge in [0.25, 0.3) is 0 Å². The Morgan fingerprint density at radius 3 is 2.39 bits per heavy atom. The normalized spacial score (nSPS) is 12.4. The molecule has 2 rings (SSSR count). The van der Waals surface area contributed by atoms with Gasteiger partial charge in [0.15, 0.2) is 0 Å². The van der Waals surface area contributed by atoms with Crippen molar-refractivity contribution >= 4 is 15.9 Å². The van der Waals surface area contributed by atoms with E-state index in [-0.39, 0.29) is 5.75 Å². The molecule has 2 aromatic carbocycles. The third-order valence-electron chi connectivity index (χ3n) is 2.93. The Morgan fingerprint density at radius 2 is 1.78 bits per heavy atom. The minimum absolute atomic E-state index is 0.243. The molecular weight excluding hydrogens is 292 g/mol. The highest BCUT2D eigenvalue weighted by atomic mass is 79.9. The Morgan fingerprint density at radius 1 is 1.11 bits per heavy atom. The lowest BCUT2D eigenvalue weighted by molar-refractivity contribution is 0.178. The molecule has 1 atom stereocenters. The zero-order valence-electron chi connectivity index (χ0n) is 10.1. The standard InChI is InChI=1S/C15H15BrO2/c1-10-8-12(4-7-14(10)16)15(18)9-11-2-5-13(17)6-3-11/h2-8,15,17-18H,9H2,1H3. The zero-order valence-corrected chi connectivity index (χ0v) is 11.7. The Balaban J connectivity index is 2.13. The Hall–Kier alpha value is -1.32. The van der Waals surface area contributed by atoms with E-state index in [1.165, 1.54) is 0 Å². The molecule has 3 heteroatoms. The maximum Gasteiger partial charge on any atom is 0.115 e. The van der Waals surface area contributed by atoms with E-state index in [1.807, 2.05) is 37.3 Å². The van der Waals surface area contributed by atoms with E-state index < -0.39 is 6.10 Å². The molecule has 2 nitrogen and oxygen atoms in total. The lowest BCUT2D eigenvalue weighted by atomic mass is 10.00. The van der Waals surface area contributed by atoms with Gasteiger partial charge in [-0.2, -0.15) is 0 Å². The number of rotatable bonds is 3. The molecule has 0 amide bonds. The first kappa shape index (κ1) is 13.1. The Kier molecular flexibility index (Phi) is 4.04. The topological polar surface area (TPSA) is 40.5 Å². The summed E-state index contributed by atoms with van der Waals surface area (Å²) in [5, 5.41) is 19.4. The molecule has 94 valence electrons. The average Bonchev–Trinajstić information content (AvgIpc) is 2.35. The summed E-state index contributed by atoms with van der Waals surface area (Å²) in [5.41, 5.74) is 3.02. The minimum atomic E-state index is -0.527. The number of halogens is 1. The summed E-state index contributed by atoms with van der Waals surface area (Å²) in [5.74, 6) is 0.243. The average molecular weight is 307 g/mol. The Labute approximate surface area is 115 Å². The van der Waals surface area contributed by atoms with Crippen LogP contribution in [0.25, 0.3) is 0 Å². The van der Waals surface area contributed by atoms with Gasteiger partial charge in [-0.3, -0.25) is 0 Å². The summed E-state index contributed by atoms with van der Waals surface area (Å²) in [6, 6.07) is 12.8. The van der Waals surface area contributed by atoms with Crippen LogP contribution in [0.2, 0.25) is 0 Å². The van der Waals surface area contributed by atoms with Gasteiger partial charge in [0.2, 0.25) is 0 Å². The van der Waals surface area contributed by atoms with E-state index >= 15 is 0 Å². The highest BCUT2D eigenvalue weighted by Crippen LogP contribution is 2.24. The number of benzene rings is 2. The highest BCUT2D eigenvalue weighted by molar-refractivity contribution is 9.10. The molecule has 0 aromatic heterocycles. The fraction of sp³-hybridized carbons (Fsp3) is 0.200. The molecule has 0 aliphatic rings. The van der Waals surface area contributed by atoms with Crippen molar-refractivity contribution in [2.24, 2.45) is 0 Å². The van der Waals surface area contributed by atoms with E-state index in [0.717, 1.165) is 21.2 Å². The van der Waals surface area contributed by atoms with Crippen molar-refractivity contribution in [2.45, 2.75) is 19.4 Å². The third kappa shape index (κ3) is 3.12. The lowest BCUT2D eigenvalue weighted by Gasteiger charge is -2.12. The molecule has 1 unspecified atom stereocenters. The monoisotopic (exact) mass is 306 g/mol. The first-order valence-electron chi connectivity index (χ1n) is 5.78. The fourth-order valence-corrected chi connectivity index (χ4v) is 2.09. The van der Waals surface area contributed by atoms with Crippen LogP contribution < -0.4 is 0 Å². The van der Waals surface area contributed by atoms with Crippen LogP contribution >= 0.6 is 15.9 Å². The second-order valence-electron chi connectivity index (χ2n) is 4.39. The number of aliphatic hydroxyl groups excluding tert-OH is 1. The van der Waals surface area contributed by atoms with Crippen molar-refractivity contribution in [3.63, 3.8) is 0 Å². The van der Waals surface area contributed by atoms with Crippen molar-refractivity contribution in [3.8, 4) is 5.75 Å². The zero-order chi connectivity index (χ0) is 13.1. The maximum atomic E-state index is 10.2. The summed E-state index contributed by atoms with van der Waals surface area (Å²) in [6.45, 7) is 2.00. The maximum absolute atomic E-state index is 10.2. The van der Waals surface area contributed by atoms with Crippen LogP contribution in [0, 0.1) is 6.92 Å².